The summed E-state index contributed by atoms with van der Waals surface area (Å²) < 4.78 is 19.9. The van der Waals surface area contributed by atoms with Gasteiger partial charge in [-0.2, -0.15) is 0 Å². The molecule has 0 unspecified atom stereocenters. The standard InChI is InChI=1S/C14H10BrClFNOS/c15-9-2-3-11(16)13(6-9)19-7-8-1-4-12(17)10(5-8)14(18)20/h1-6H,7H2,(H2,18,20). The van der Waals surface area contributed by atoms with E-state index in [1.807, 2.05) is 6.07 Å². The van der Waals surface area contributed by atoms with Gasteiger partial charge in [-0.25, -0.2) is 4.39 Å². The van der Waals surface area contributed by atoms with E-state index in [0.29, 0.717) is 10.8 Å². The van der Waals surface area contributed by atoms with E-state index in [0.717, 1.165) is 10.0 Å². The van der Waals surface area contributed by atoms with Crippen molar-refractivity contribution >= 4 is 44.7 Å². The molecule has 2 nitrogen and oxygen atoms in total. The second-order valence-electron chi connectivity index (χ2n) is 4.04. The van der Waals surface area contributed by atoms with Crippen molar-refractivity contribution < 1.29 is 9.13 Å². The van der Waals surface area contributed by atoms with Crippen molar-refractivity contribution in [3.05, 3.63) is 62.8 Å². The van der Waals surface area contributed by atoms with Crippen molar-refractivity contribution in [1.29, 1.82) is 0 Å². The Morgan fingerprint density at radius 2 is 2.05 bits per heavy atom. The molecule has 0 aliphatic carbocycles. The first-order chi connectivity index (χ1) is 9.47. The molecule has 0 aliphatic heterocycles. The third-order valence-electron chi connectivity index (χ3n) is 2.58. The van der Waals surface area contributed by atoms with Crippen LogP contribution in [0, 0.1) is 5.82 Å². The summed E-state index contributed by atoms with van der Waals surface area (Å²) in [5, 5.41) is 0.505. The van der Waals surface area contributed by atoms with Crippen molar-refractivity contribution in [3.63, 3.8) is 0 Å². The van der Waals surface area contributed by atoms with E-state index in [1.54, 1.807) is 24.3 Å². The van der Waals surface area contributed by atoms with Gasteiger partial charge >= 0.3 is 0 Å². The second kappa shape index (κ2) is 6.52. The van der Waals surface area contributed by atoms with Crippen LogP contribution in [0.4, 0.5) is 4.39 Å². The molecule has 0 saturated carbocycles. The summed E-state index contributed by atoms with van der Waals surface area (Å²) in [5.41, 5.74) is 6.42. The zero-order chi connectivity index (χ0) is 14.7. The third kappa shape index (κ3) is 3.69. The quantitative estimate of drug-likeness (QED) is 0.803. The molecule has 2 aromatic carbocycles. The number of benzene rings is 2. The van der Waals surface area contributed by atoms with E-state index in [9.17, 15) is 4.39 Å². The maximum atomic E-state index is 13.5. The SMILES string of the molecule is NC(=S)c1cc(COc2cc(Br)ccc2Cl)ccc1F. The van der Waals surface area contributed by atoms with Crippen molar-refractivity contribution in [2.45, 2.75) is 6.61 Å². The van der Waals surface area contributed by atoms with Crippen molar-refractivity contribution in [1.82, 2.24) is 0 Å². The molecule has 0 radical (unpaired) electrons. The van der Waals surface area contributed by atoms with Gasteiger partial charge in [0.25, 0.3) is 0 Å². The van der Waals surface area contributed by atoms with Crippen molar-refractivity contribution in [2.24, 2.45) is 5.73 Å². The van der Waals surface area contributed by atoms with Gasteiger partial charge in [0.05, 0.1) is 5.02 Å². The van der Waals surface area contributed by atoms with Crippen LogP contribution >= 0.6 is 39.7 Å². The maximum absolute atomic E-state index is 13.5. The summed E-state index contributed by atoms with van der Waals surface area (Å²) in [4.78, 5) is 0.0184. The van der Waals surface area contributed by atoms with Crippen LogP contribution < -0.4 is 10.5 Å². The van der Waals surface area contributed by atoms with Crippen LogP contribution in [0.15, 0.2) is 40.9 Å². The molecular formula is C14H10BrClFNOS. The first-order valence-electron chi connectivity index (χ1n) is 5.63. The molecule has 0 heterocycles. The van der Waals surface area contributed by atoms with E-state index < -0.39 is 5.82 Å². The van der Waals surface area contributed by atoms with Crippen LogP contribution in [0.5, 0.6) is 5.75 Å². The molecule has 0 saturated heterocycles. The fourth-order valence-electron chi connectivity index (χ4n) is 1.60. The molecular weight excluding hydrogens is 365 g/mol. The van der Waals surface area contributed by atoms with Gasteiger partial charge in [-0.3, -0.25) is 0 Å². The fraction of sp³-hybridized carbons (Fsp3) is 0.0714. The number of thiocarbonyl (C=S) groups is 1. The third-order valence-corrected chi connectivity index (χ3v) is 3.61. The normalized spacial score (nSPS) is 10.3. The summed E-state index contributed by atoms with van der Waals surface area (Å²) in [6.07, 6.45) is 0. The summed E-state index contributed by atoms with van der Waals surface area (Å²) >= 11 is 14.2. The lowest BCUT2D eigenvalue weighted by molar-refractivity contribution is 0.306. The minimum Gasteiger partial charge on any atom is -0.487 e. The molecule has 2 rings (SSSR count). The molecule has 0 atom stereocenters. The van der Waals surface area contributed by atoms with Gasteiger partial charge in [0.2, 0.25) is 0 Å². The zero-order valence-corrected chi connectivity index (χ0v) is 13.4. The highest BCUT2D eigenvalue weighted by Crippen LogP contribution is 2.28. The van der Waals surface area contributed by atoms with E-state index in [2.05, 4.69) is 15.9 Å². The van der Waals surface area contributed by atoms with Gasteiger partial charge in [0.15, 0.2) is 0 Å². The van der Waals surface area contributed by atoms with E-state index >= 15 is 0 Å². The van der Waals surface area contributed by atoms with Crippen LogP contribution in [0.3, 0.4) is 0 Å². The van der Waals surface area contributed by atoms with Crippen molar-refractivity contribution in [3.8, 4) is 5.75 Å². The lowest BCUT2D eigenvalue weighted by Crippen LogP contribution is -2.12. The van der Waals surface area contributed by atoms with Gasteiger partial charge in [-0.05, 0) is 35.9 Å². The number of nitrogens with two attached hydrogens (primary N) is 1. The van der Waals surface area contributed by atoms with Crippen molar-refractivity contribution in [2.75, 3.05) is 0 Å². The number of halogens is 3. The summed E-state index contributed by atoms with van der Waals surface area (Å²) in [6, 6.07) is 9.81. The highest BCUT2D eigenvalue weighted by atomic mass is 79.9. The Morgan fingerprint density at radius 3 is 2.75 bits per heavy atom. The molecule has 0 bridgehead atoms. The Balaban J connectivity index is 2.17. The van der Waals surface area contributed by atoms with Crippen LogP contribution in [0.25, 0.3) is 0 Å². The minimum atomic E-state index is -0.443. The Labute approximate surface area is 134 Å². The summed E-state index contributed by atoms with van der Waals surface area (Å²) in [6.45, 7) is 0.242. The van der Waals surface area contributed by atoms with Crippen LogP contribution in [0.1, 0.15) is 11.1 Å². The lowest BCUT2D eigenvalue weighted by Gasteiger charge is -2.10. The maximum Gasteiger partial charge on any atom is 0.139 e. The Hall–Kier alpha value is -1.17. The Kier molecular flexibility index (Phi) is 4.96. The second-order valence-corrected chi connectivity index (χ2v) is 5.80. The Bertz CT molecular complexity index is 666. The van der Waals surface area contributed by atoms with Gasteiger partial charge in [-0.15, -0.1) is 0 Å². The predicted octanol–water partition coefficient (Wildman–Crippen LogP) is 4.45. The van der Waals surface area contributed by atoms with Gasteiger partial charge < -0.3 is 10.5 Å². The summed E-state index contributed by atoms with van der Waals surface area (Å²) in [5.74, 6) is 0.101. The molecule has 0 aliphatic rings. The minimum absolute atomic E-state index is 0.0184. The van der Waals surface area contributed by atoms with Gasteiger partial charge in [-0.1, -0.05) is 45.8 Å². The predicted molar refractivity (Wildman–Crippen MR) is 85.8 cm³/mol. The monoisotopic (exact) mass is 373 g/mol. The fourth-order valence-corrected chi connectivity index (χ4v) is 2.27. The molecule has 0 spiro atoms. The van der Waals surface area contributed by atoms with E-state index in [4.69, 9.17) is 34.3 Å². The molecule has 2 aromatic rings. The number of hydrogen-bond acceptors (Lipinski definition) is 2. The average Bonchev–Trinajstić information content (AvgIpc) is 2.41. The highest BCUT2D eigenvalue weighted by molar-refractivity contribution is 9.10. The molecule has 20 heavy (non-hydrogen) atoms. The number of hydrogen-bond donors (Lipinski definition) is 1. The molecule has 0 aromatic heterocycles. The smallest absolute Gasteiger partial charge is 0.139 e. The highest BCUT2D eigenvalue weighted by Gasteiger charge is 2.08. The Morgan fingerprint density at radius 1 is 1.30 bits per heavy atom. The number of ether oxygens (including phenoxy) is 1. The van der Waals surface area contributed by atoms with Crippen LogP contribution in [-0.4, -0.2) is 4.99 Å². The largest absolute Gasteiger partial charge is 0.487 e. The van der Waals surface area contributed by atoms with Gasteiger partial charge in [0.1, 0.15) is 23.2 Å². The average molecular weight is 375 g/mol. The summed E-state index contributed by atoms with van der Waals surface area (Å²) in [7, 11) is 0. The first-order valence-corrected chi connectivity index (χ1v) is 7.21. The van der Waals surface area contributed by atoms with Crippen LogP contribution in [0.2, 0.25) is 5.02 Å². The molecule has 0 fully saturated rings. The van der Waals surface area contributed by atoms with E-state index in [-0.39, 0.29) is 17.2 Å². The molecule has 6 heteroatoms. The lowest BCUT2D eigenvalue weighted by atomic mass is 10.1. The van der Waals surface area contributed by atoms with Crippen LogP contribution in [-0.2, 0) is 6.61 Å². The van der Waals surface area contributed by atoms with E-state index in [1.165, 1.54) is 6.07 Å². The first kappa shape index (κ1) is 15.2. The zero-order valence-electron chi connectivity index (χ0n) is 10.2. The molecule has 0 amide bonds. The number of rotatable bonds is 4. The molecule has 104 valence electrons. The topological polar surface area (TPSA) is 35.2 Å². The molecule has 2 N–H and O–H groups in total. The van der Waals surface area contributed by atoms with Gasteiger partial charge in [0, 0.05) is 10.0 Å².